The van der Waals surface area contributed by atoms with E-state index >= 15 is 0 Å². The minimum Gasteiger partial charge on any atom is -0.381 e. The number of ether oxygens (including phenoxy) is 1. The van der Waals surface area contributed by atoms with E-state index in [4.69, 9.17) is 10.00 Å². The summed E-state index contributed by atoms with van der Waals surface area (Å²) < 4.78 is 5.63. The van der Waals surface area contributed by atoms with Gasteiger partial charge in [-0.2, -0.15) is 5.26 Å². The zero-order valence-corrected chi connectivity index (χ0v) is 12.7. The molecule has 3 nitrogen and oxygen atoms in total. The third-order valence-electron chi connectivity index (χ3n) is 3.61. The van der Waals surface area contributed by atoms with Gasteiger partial charge in [0.15, 0.2) is 0 Å². The number of unbranched alkanes of at least 4 members (excludes halogenated alkanes) is 1. The van der Waals surface area contributed by atoms with Crippen molar-refractivity contribution >= 4 is 0 Å². The Morgan fingerprint density at radius 2 is 1.85 bits per heavy atom. The van der Waals surface area contributed by atoms with Crippen LogP contribution in [0.4, 0.5) is 0 Å². The van der Waals surface area contributed by atoms with Gasteiger partial charge in [0, 0.05) is 13.2 Å². The lowest BCUT2D eigenvalue weighted by Gasteiger charge is -2.20. The van der Waals surface area contributed by atoms with Crippen LogP contribution in [0.15, 0.2) is 30.3 Å². The molecule has 0 amide bonds. The lowest BCUT2D eigenvalue weighted by atomic mass is 9.97. The summed E-state index contributed by atoms with van der Waals surface area (Å²) in [4.78, 5) is 0. The Bertz CT molecular complexity index is 399. The maximum Gasteiger partial charge on any atom is 0.103 e. The molecule has 1 unspecified atom stereocenters. The van der Waals surface area contributed by atoms with Crippen molar-refractivity contribution in [2.24, 2.45) is 0 Å². The van der Waals surface area contributed by atoms with Crippen molar-refractivity contribution in [2.75, 3.05) is 20.3 Å². The van der Waals surface area contributed by atoms with Crippen LogP contribution in [-0.4, -0.2) is 25.8 Å². The van der Waals surface area contributed by atoms with Crippen LogP contribution in [0.2, 0.25) is 0 Å². The van der Waals surface area contributed by atoms with Gasteiger partial charge in [0.05, 0.1) is 6.07 Å². The van der Waals surface area contributed by atoms with Crippen LogP contribution in [-0.2, 0) is 11.2 Å². The van der Waals surface area contributed by atoms with Crippen LogP contribution in [0.1, 0.15) is 38.2 Å². The average Bonchev–Trinajstić information content (AvgIpc) is 2.50. The normalized spacial score (nSPS) is 13.7. The lowest BCUT2D eigenvalue weighted by Crippen LogP contribution is -2.37. The number of nitrogens with one attached hydrogen (secondary N) is 1. The molecule has 110 valence electrons. The van der Waals surface area contributed by atoms with Gasteiger partial charge in [-0.3, -0.25) is 0 Å². The van der Waals surface area contributed by atoms with Crippen LogP contribution >= 0.6 is 0 Å². The van der Waals surface area contributed by atoms with Crippen molar-refractivity contribution in [3.05, 3.63) is 35.9 Å². The Morgan fingerprint density at radius 3 is 2.50 bits per heavy atom. The predicted octanol–water partition coefficient (Wildman–Crippen LogP) is 3.31. The molecule has 1 N–H and O–H groups in total. The molecule has 0 fully saturated rings. The first-order chi connectivity index (χ1) is 9.70. The fraction of sp³-hybridized carbons (Fsp3) is 0.588. The predicted molar refractivity (Wildman–Crippen MR) is 82.5 cm³/mol. The molecule has 0 saturated heterocycles. The minimum absolute atomic E-state index is 0.396. The van der Waals surface area contributed by atoms with E-state index in [1.165, 1.54) is 5.56 Å². The standard InChI is InChI=1S/C17H26N2O/c1-17(15-18,19-2)12-6-7-13-20-14-8-11-16-9-4-3-5-10-16/h3-5,9-10,19H,6-8,11-14H2,1-2H3. The SMILES string of the molecule is CNC(C)(C#N)CCCCOCCCc1ccccc1. The smallest absolute Gasteiger partial charge is 0.103 e. The largest absolute Gasteiger partial charge is 0.381 e. The quantitative estimate of drug-likeness (QED) is 0.666. The Kier molecular flexibility index (Phi) is 7.94. The first-order valence-corrected chi connectivity index (χ1v) is 7.42. The van der Waals surface area contributed by atoms with E-state index in [1.54, 1.807) is 0 Å². The lowest BCUT2D eigenvalue weighted by molar-refractivity contribution is 0.126. The number of nitriles is 1. The van der Waals surface area contributed by atoms with Crippen LogP contribution in [0.5, 0.6) is 0 Å². The summed E-state index contributed by atoms with van der Waals surface area (Å²) in [6, 6.07) is 12.8. The summed E-state index contributed by atoms with van der Waals surface area (Å²) in [5.74, 6) is 0. The molecule has 3 heteroatoms. The number of hydrogen-bond acceptors (Lipinski definition) is 3. The van der Waals surface area contributed by atoms with Gasteiger partial charge in [-0.15, -0.1) is 0 Å². The molecule has 1 aromatic carbocycles. The van der Waals surface area contributed by atoms with E-state index in [2.05, 4.69) is 35.7 Å². The van der Waals surface area contributed by atoms with Crippen molar-refractivity contribution in [1.82, 2.24) is 5.32 Å². The molecule has 1 atom stereocenters. The first-order valence-electron chi connectivity index (χ1n) is 7.42. The Hall–Kier alpha value is -1.37. The van der Waals surface area contributed by atoms with Crippen LogP contribution in [0.25, 0.3) is 0 Å². The molecule has 0 aliphatic rings. The van der Waals surface area contributed by atoms with Crippen molar-refractivity contribution in [2.45, 2.75) is 44.6 Å². The molecule has 0 bridgehead atoms. The van der Waals surface area contributed by atoms with Crippen molar-refractivity contribution < 1.29 is 4.74 Å². The Labute approximate surface area is 123 Å². The monoisotopic (exact) mass is 274 g/mol. The number of aryl methyl sites for hydroxylation is 1. The Balaban J connectivity index is 1.97. The molecule has 0 aromatic heterocycles. The van der Waals surface area contributed by atoms with Gasteiger partial charge in [0.2, 0.25) is 0 Å². The van der Waals surface area contributed by atoms with Crippen LogP contribution in [0.3, 0.4) is 0 Å². The number of rotatable bonds is 10. The molecule has 1 aromatic rings. The summed E-state index contributed by atoms with van der Waals surface area (Å²) in [5.41, 5.74) is 0.975. The van der Waals surface area contributed by atoms with E-state index < -0.39 is 5.54 Å². The minimum atomic E-state index is -0.396. The van der Waals surface area contributed by atoms with Gasteiger partial charge in [0.25, 0.3) is 0 Å². The highest BCUT2D eigenvalue weighted by Crippen LogP contribution is 2.12. The van der Waals surface area contributed by atoms with Crippen LogP contribution < -0.4 is 5.32 Å². The van der Waals surface area contributed by atoms with E-state index in [0.717, 1.165) is 45.3 Å². The molecule has 1 rings (SSSR count). The van der Waals surface area contributed by atoms with E-state index in [-0.39, 0.29) is 0 Å². The topological polar surface area (TPSA) is 45.0 Å². The molecule has 0 radical (unpaired) electrons. The maximum atomic E-state index is 9.02. The molecular formula is C17H26N2O. The highest BCUT2D eigenvalue weighted by molar-refractivity contribution is 5.14. The maximum absolute atomic E-state index is 9.02. The number of nitrogens with zero attached hydrogens (tertiary/aromatic N) is 1. The molecule has 0 aliphatic carbocycles. The molecule has 0 spiro atoms. The third-order valence-corrected chi connectivity index (χ3v) is 3.61. The summed E-state index contributed by atoms with van der Waals surface area (Å²) in [7, 11) is 1.84. The van der Waals surface area contributed by atoms with Gasteiger partial charge in [-0.1, -0.05) is 30.3 Å². The summed E-state index contributed by atoms with van der Waals surface area (Å²) >= 11 is 0. The molecule has 20 heavy (non-hydrogen) atoms. The number of hydrogen-bond donors (Lipinski definition) is 1. The molecule has 0 saturated carbocycles. The van der Waals surface area contributed by atoms with Gasteiger partial charge in [-0.05, 0) is 51.6 Å². The summed E-state index contributed by atoms with van der Waals surface area (Å²) in [6.07, 6.45) is 5.05. The average molecular weight is 274 g/mol. The van der Waals surface area contributed by atoms with Crippen LogP contribution in [0, 0.1) is 11.3 Å². The van der Waals surface area contributed by atoms with E-state index in [9.17, 15) is 0 Å². The summed E-state index contributed by atoms with van der Waals surface area (Å²) in [6.45, 7) is 3.55. The zero-order chi connectivity index (χ0) is 14.7. The Morgan fingerprint density at radius 1 is 1.15 bits per heavy atom. The van der Waals surface area contributed by atoms with Crippen molar-refractivity contribution in [3.63, 3.8) is 0 Å². The second kappa shape index (κ2) is 9.52. The second-order valence-corrected chi connectivity index (χ2v) is 5.35. The van der Waals surface area contributed by atoms with Crippen molar-refractivity contribution in [3.8, 4) is 6.07 Å². The first kappa shape index (κ1) is 16.7. The number of benzene rings is 1. The van der Waals surface area contributed by atoms with Gasteiger partial charge in [0.1, 0.15) is 5.54 Å². The molecule has 0 aliphatic heterocycles. The summed E-state index contributed by atoms with van der Waals surface area (Å²) in [5, 5.41) is 12.1. The molecular weight excluding hydrogens is 248 g/mol. The molecule has 0 heterocycles. The van der Waals surface area contributed by atoms with E-state index in [1.807, 2.05) is 20.0 Å². The fourth-order valence-corrected chi connectivity index (χ4v) is 2.04. The highest BCUT2D eigenvalue weighted by atomic mass is 16.5. The zero-order valence-electron chi connectivity index (χ0n) is 12.7. The van der Waals surface area contributed by atoms with Gasteiger partial charge < -0.3 is 10.1 Å². The van der Waals surface area contributed by atoms with Crippen molar-refractivity contribution in [1.29, 1.82) is 5.26 Å². The van der Waals surface area contributed by atoms with Gasteiger partial charge >= 0.3 is 0 Å². The van der Waals surface area contributed by atoms with Gasteiger partial charge in [-0.25, -0.2) is 0 Å². The second-order valence-electron chi connectivity index (χ2n) is 5.35. The highest BCUT2D eigenvalue weighted by Gasteiger charge is 2.19. The van der Waals surface area contributed by atoms with E-state index in [0.29, 0.717) is 0 Å². The third kappa shape index (κ3) is 6.70. The fourth-order valence-electron chi connectivity index (χ4n) is 2.04.